The molecule has 186 valence electrons. The zero-order valence-electron chi connectivity index (χ0n) is 19.6. The monoisotopic (exact) mass is 520 g/mol. The highest BCUT2D eigenvalue weighted by atomic mass is 35.5. The number of halogens is 2. The lowest BCUT2D eigenvalue weighted by molar-refractivity contribution is -0.117. The normalized spacial score (nSPS) is 19.3. The Kier molecular flexibility index (Phi) is 7.23. The first-order valence-corrected chi connectivity index (χ1v) is 11.7. The first-order chi connectivity index (χ1) is 16.8. The van der Waals surface area contributed by atoms with Gasteiger partial charge in [0.05, 0.1) is 26.5 Å². The topological polar surface area (TPSA) is 109 Å². The highest BCUT2D eigenvalue weighted by Gasteiger charge is 2.35. The number of urea groups is 1. The fourth-order valence-electron chi connectivity index (χ4n) is 4.38. The van der Waals surface area contributed by atoms with Gasteiger partial charge in [-0.3, -0.25) is 14.6 Å². The molecule has 1 aromatic carbocycles. The molecule has 0 bridgehead atoms. The fourth-order valence-corrected chi connectivity index (χ4v) is 5.08. The van der Waals surface area contributed by atoms with Crippen LogP contribution >= 0.6 is 23.2 Å². The van der Waals surface area contributed by atoms with Gasteiger partial charge in [0.15, 0.2) is 0 Å². The Labute approximate surface area is 213 Å². The summed E-state index contributed by atoms with van der Waals surface area (Å²) in [7, 11) is 4.56. The first-order valence-electron chi connectivity index (χ1n) is 11.0. The molecule has 3 amide bonds. The van der Waals surface area contributed by atoms with Gasteiger partial charge < -0.3 is 20.1 Å². The molecule has 1 fully saturated rings. The molecule has 2 aliphatic rings. The SMILES string of the molecule is C=CC(=O)N[C@H]1CCC[C@H]1Nc1ncc2c(n1)N(C)C(=O)N(c1c(Cl)c(OC)cc(OC)c1Cl)C2. The quantitative estimate of drug-likeness (QED) is 0.530. The molecular formula is C23H26Cl2N6O4. The van der Waals surface area contributed by atoms with Crippen LogP contribution in [-0.4, -0.2) is 55.3 Å². The maximum atomic E-state index is 13.4. The van der Waals surface area contributed by atoms with Gasteiger partial charge in [-0.05, 0) is 25.3 Å². The van der Waals surface area contributed by atoms with Gasteiger partial charge in [0.25, 0.3) is 0 Å². The smallest absolute Gasteiger partial charge is 0.330 e. The standard InChI is InChI=1S/C23H26Cl2N6O4/c1-5-17(32)27-13-7-6-8-14(13)28-22-26-10-12-11-31(23(33)30(2)21(12)29-22)20-18(24)15(34-3)9-16(35-4)19(20)25/h5,9-10,13-14H,1,6-8,11H2,2-4H3,(H,27,32)(H,26,28,29)/t13-,14+/m0/s1. The molecule has 1 saturated carbocycles. The van der Waals surface area contributed by atoms with E-state index in [1.54, 1.807) is 19.3 Å². The lowest BCUT2D eigenvalue weighted by Crippen LogP contribution is -2.46. The number of benzene rings is 1. The number of amides is 3. The molecule has 0 unspecified atom stereocenters. The van der Waals surface area contributed by atoms with Crippen LogP contribution in [0.3, 0.4) is 0 Å². The molecule has 2 heterocycles. The predicted octanol–water partition coefficient (Wildman–Crippen LogP) is 4.01. The first kappa shape index (κ1) is 24.9. The van der Waals surface area contributed by atoms with Crippen LogP contribution < -0.4 is 29.9 Å². The van der Waals surface area contributed by atoms with Crippen molar-refractivity contribution in [2.75, 3.05) is 36.4 Å². The zero-order valence-corrected chi connectivity index (χ0v) is 21.1. The van der Waals surface area contributed by atoms with Crippen molar-refractivity contribution in [3.63, 3.8) is 0 Å². The van der Waals surface area contributed by atoms with Crippen LogP contribution in [0.5, 0.6) is 11.5 Å². The van der Waals surface area contributed by atoms with E-state index in [1.807, 2.05) is 0 Å². The molecule has 35 heavy (non-hydrogen) atoms. The fraction of sp³-hybridized carbons (Fsp3) is 0.391. The van der Waals surface area contributed by atoms with Crippen molar-refractivity contribution in [2.45, 2.75) is 37.9 Å². The summed E-state index contributed by atoms with van der Waals surface area (Å²) in [6.45, 7) is 3.65. The number of hydrogen-bond acceptors (Lipinski definition) is 7. The number of carbonyl (C=O) groups is 2. The molecule has 10 nitrogen and oxygen atoms in total. The third kappa shape index (κ3) is 4.68. The minimum absolute atomic E-state index is 0.0279. The number of aromatic nitrogens is 2. The Morgan fingerprint density at radius 2 is 1.86 bits per heavy atom. The molecule has 12 heteroatoms. The van der Waals surface area contributed by atoms with Crippen LogP contribution in [0.4, 0.5) is 22.2 Å². The summed E-state index contributed by atoms with van der Waals surface area (Å²) in [5, 5.41) is 6.62. The molecule has 2 atom stereocenters. The largest absolute Gasteiger partial charge is 0.495 e. The van der Waals surface area contributed by atoms with Crippen molar-refractivity contribution in [3.8, 4) is 11.5 Å². The van der Waals surface area contributed by atoms with Crippen LogP contribution in [0.15, 0.2) is 24.9 Å². The molecule has 2 aromatic rings. The van der Waals surface area contributed by atoms with Crippen LogP contribution in [0.25, 0.3) is 0 Å². The molecule has 4 rings (SSSR count). The number of anilines is 3. The number of rotatable bonds is 7. The number of carbonyl (C=O) groups excluding carboxylic acids is 2. The van der Waals surface area contributed by atoms with Crippen molar-refractivity contribution >= 4 is 52.6 Å². The molecule has 0 radical (unpaired) electrons. The van der Waals surface area contributed by atoms with E-state index in [2.05, 4.69) is 27.2 Å². The molecule has 1 aliphatic heterocycles. The third-order valence-electron chi connectivity index (χ3n) is 6.17. The van der Waals surface area contributed by atoms with E-state index in [0.29, 0.717) is 28.8 Å². The van der Waals surface area contributed by atoms with Gasteiger partial charge >= 0.3 is 6.03 Å². The molecule has 1 aliphatic carbocycles. The minimum Gasteiger partial charge on any atom is -0.495 e. The maximum absolute atomic E-state index is 13.4. The van der Waals surface area contributed by atoms with Gasteiger partial charge in [0, 0.05) is 37.0 Å². The number of ether oxygens (including phenoxy) is 2. The van der Waals surface area contributed by atoms with Crippen LogP contribution in [-0.2, 0) is 11.3 Å². The van der Waals surface area contributed by atoms with E-state index < -0.39 is 0 Å². The summed E-state index contributed by atoms with van der Waals surface area (Å²) in [4.78, 5) is 37.0. The van der Waals surface area contributed by atoms with E-state index in [0.717, 1.165) is 19.3 Å². The van der Waals surface area contributed by atoms with Crippen LogP contribution in [0.2, 0.25) is 10.0 Å². The van der Waals surface area contributed by atoms with Crippen molar-refractivity contribution in [1.29, 1.82) is 0 Å². The summed E-state index contributed by atoms with van der Waals surface area (Å²) in [6, 6.07) is 1.11. The number of fused-ring (bicyclic) bond motifs is 1. The minimum atomic E-state index is -0.377. The van der Waals surface area contributed by atoms with Gasteiger partial charge in [0.2, 0.25) is 11.9 Å². The Morgan fingerprint density at radius 3 is 2.49 bits per heavy atom. The summed E-state index contributed by atoms with van der Waals surface area (Å²) >= 11 is 13.1. The second kappa shape index (κ2) is 10.2. The van der Waals surface area contributed by atoms with E-state index in [1.165, 1.54) is 30.1 Å². The van der Waals surface area contributed by atoms with Crippen molar-refractivity contribution in [3.05, 3.63) is 40.5 Å². The Bertz CT molecular complexity index is 1150. The second-order valence-corrected chi connectivity index (χ2v) is 8.98. The average Bonchev–Trinajstić information content (AvgIpc) is 3.28. The predicted molar refractivity (Wildman–Crippen MR) is 135 cm³/mol. The Hall–Kier alpha value is -3.24. The van der Waals surface area contributed by atoms with Gasteiger partial charge in [-0.15, -0.1) is 0 Å². The number of methoxy groups -OCH3 is 2. The van der Waals surface area contributed by atoms with Gasteiger partial charge in [-0.2, -0.15) is 4.98 Å². The molecule has 1 aromatic heterocycles. The van der Waals surface area contributed by atoms with Crippen molar-refractivity contribution in [2.24, 2.45) is 0 Å². The summed E-state index contributed by atoms with van der Waals surface area (Å²) in [5.41, 5.74) is 0.982. The molecule has 0 saturated heterocycles. The zero-order chi connectivity index (χ0) is 25.3. The van der Waals surface area contributed by atoms with E-state index >= 15 is 0 Å². The Balaban J connectivity index is 1.62. The number of hydrogen-bond donors (Lipinski definition) is 2. The lowest BCUT2D eigenvalue weighted by atomic mass is 10.1. The van der Waals surface area contributed by atoms with Crippen molar-refractivity contribution in [1.82, 2.24) is 15.3 Å². The summed E-state index contributed by atoms with van der Waals surface area (Å²) < 4.78 is 10.7. The van der Waals surface area contributed by atoms with E-state index in [9.17, 15) is 9.59 Å². The average molecular weight is 521 g/mol. The van der Waals surface area contributed by atoms with Gasteiger partial charge in [-0.25, -0.2) is 9.78 Å². The molecule has 0 spiro atoms. The van der Waals surface area contributed by atoms with Crippen molar-refractivity contribution < 1.29 is 19.1 Å². The Morgan fingerprint density at radius 1 is 1.20 bits per heavy atom. The molecule has 2 N–H and O–H groups in total. The van der Waals surface area contributed by atoms with Gasteiger partial charge in [0.1, 0.15) is 27.4 Å². The number of nitrogens with one attached hydrogen (secondary N) is 2. The van der Waals surface area contributed by atoms with E-state index in [-0.39, 0.29) is 46.3 Å². The van der Waals surface area contributed by atoms with Gasteiger partial charge in [-0.1, -0.05) is 29.8 Å². The third-order valence-corrected chi connectivity index (χ3v) is 6.90. The van der Waals surface area contributed by atoms with E-state index in [4.69, 9.17) is 32.7 Å². The lowest BCUT2D eigenvalue weighted by Gasteiger charge is -2.35. The van der Waals surface area contributed by atoms with Crippen LogP contribution in [0, 0.1) is 0 Å². The summed E-state index contributed by atoms with van der Waals surface area (Å²) in [6.07, 6.45) is 5.59. The number of nitrogens with zero attached hydrogens (tertiary/aromatic N) is 4. The maximum Gasteiger partial charge on any atom is 0.330 e. The highest BCUT2D eigenvalue weighted by Crippen LogP contribution is 2.47. The molecular weight excluding hydrogens is 495 g/mol. The highest BCUT2D eigenvalue weighted by molar-refractivity contribution is 6.42. The summed E-state index contributed by atoms with van der Waals surface area (Å²) in [5.74, 6) is 1.28. The van der Waals surface area contributed by atoms with Crippen LogP contribution in [0.1, 0.15) is 24.8 Å². The second-order valence-electron chi connectivity index (χ2n) is 8.23.